The van der Waals surface area contributed by atoms with Crippen LogP contribution in [0.2, 0.25) is 0 Å². The molecular weight excluding hydrogens is 232 g/mol. The Bertz CT molecular complexity index is 449. The lowest BCUT2D eigenvalue weighted by Gasteiger charge is -2.06. The average molecular weight is 248 g/mol. The Morgan fingerprint density at radius 2 is 2.17 bits per heavy atom. The fourth-order valence-electron chi connectivity index (χ4n) is 1.34. The van der Waals surface area contributed by atoms with Crippen molar-refractivity contribution in [3.05, 3.63) is 41.5 Å². The van der Waals surface area contributed by atoms with E-state index in [9.17, 15) is 9.59 Å². The highest BCUT2D eigenvalue weighted by Crippen LogP contribution is 2.18. The van der Waals surface area contributed by atoms with Crippen molar-refractivity contribution in [3.8, 4) is 5.75 Å². The zero-order valence-corrected chi connectivity index (χ0v) is 10.5. The molecule has 1 rings (SSSR count). The van der Waals surface area contributed by atoms with E-state index in [1.54, 1.807) is 25.1 Å². The summed E-state index contributed by atoms with van der Waals surface area (Å²) in [6.07, 6.45) is 3.60. The van der Waals surface area contributed by atoms with E-state index in [1.807, 2.05) is 13.0 Å². The zero-order chi connectivity index (χ0) is 13.4. The molecule has 0 unspecified atom stereocenters. The van der Waals surface area contributed by atoms with Gasteiger partial charge in [-0.3, -0.25) is 4.79 Å². The number of carbonyl (C=O) groups excluding carboxylic acids is 2. The fourth-order valence-corrected chi connectivity index (χ4v) is 1.34. The van der Waals surface area contributed by atoms with Gasteiger partial charge >= 0.3 is 5.97 Å². The van der Waals surface area contributed by atoms with Crippen molar-refractivity contribution in [1.29, 1.82) is 0 Å². The Hall–Kier alpha value is -2.10. The van der Waals surface area contributed by atoms with E-state index in [0.29, 0.717) is 17.9 Å². The van der Waals surface area contributed by atoms with Crippen molar-refractivity contribution in [2.45, 2.75) is 13.8 Å². The van der Waals surface area contributed by atoms with Crippen LogP contribution < -0.4 is 4.74 Å². The monoisotopic (exact) mass is 248 g/mol. The Morgan fingerprint density at radius 3 is 2.83 bits per heavy atom. The highest BCUT2D eigenvalue weighted by atomic mass is 16.5. The summed E-state index contributed by atoms with van der Waals surface area (Å²) < 4.78 is 10.1. The van der Waals surface area contributed by atoms with Gasteiger partial charge in [-0.05, 0) is 37.6 Å². The summed E-state index contributed by atoms with van der Waals surface area (Å²) in [4.78, 5) is 21.8. The second-order valence-corrected chi connectivity index (χ2v) is 3.62. The molecule has 1 aromatic carbocycles. The van der Waals surface area contributed by atoms with Crippen LogP contribution in [0.1, 0.15) is 22.8 Å². The maximum Gasteiger partial charge on any atom is 0.330 e. The van der Waals surface area contributed by atoms with E-state index in [0.717, 1.165) is 11.8 Å². The molecule has 0 N–H and O–H groups in total. The van der Waals surface area contributed by atoms with E-state index < -0.39 is 5.97 Å². The van der Waals surface area contributed by atoms with Gasteiger partial charge < -0.3 is 9.47 Å². The first-order chi connectivity index (χ1) is 8.67. The molecule has 0 saturated carbocycles. The molecule has 0 heterocycles. The van der Waals surface area contributed by atoms with Crippen LogP contribution in [0, 0.1) is 6.92 Å². The summed E-state index contributed by atoms with van der Waals surface area (Å²) in [5.41, 5.74) is 1.50. The first-order valence-electron chi connectivity index (χ1n) is 5.69. The first kappa shape index (κ1) is 14.0. The quantitative estimate of drug-likeness (QED) is 0.440. The van der Waals surface area contributed by atoms with Crippen molar-refractivity contribution >= 4 is 12.3 Å². The molecule has 96 valence electrons. The summed E-state index contributed by atoms with van der Waals surface area (Å²) in [5, 5.41) is 0. The zero-order valence-electron chi connectivity index (χ0n) is 10.5. The van der Waals surface area contributed by atoms with Crippen molar-refractivity contribution in [2.75, 3.05) is 13.2 Å². The molecule has 1 aromatic rings. The van der Waals surface area contributed by atoms with Crippen LogP contribution in [0.15, 0.2) is 30.4 Å². The number of hydrogen-bond acceptors (Lipinski definition) is 4. The smallest absolute Gasteiger partial charge is 0.330 e. The Balaban J connectivity index is 2.55. The summed E-state index contributed by atoms with van der Waals surface area (Å²) in [7, 11) is 0. The van der Waals surface area contributed by atoms with E-state index in [-0.39, 0.29) is 6.61 Å². The van der Waals surface area contributed by atoms with Crippen molar-refractivity contribution in [2.24, 2.45) is 0 Å². The van der Waals surface area contributed by atoms with Gasteiger partial charge in [0, 0.05) is 6.08 Å². The molecule has 18 heavy (non-hydrogen) atoms. The molecular formula is C14H16O4. The maximum absolute atomic E-state index is 11.0. The molecule has 0 spiro atoms. The molecule has 0 radical (unpaired) electrons. The topological polar surface area (TPSA) is 52.6 Å². The van der Waals surface area contributed by atoms with Crippen molar-refractivity contribution < 1.29 is 19.1 Å². The number of benzene rings is 1. The summed E-state index contributed by atoms with van der Waals surface area (Å²) >= 11 is 0. The molecule has 0 fully saturated rings. The minimum absolute atomic E-state index is 0.211. The normalized spacial score (nSPS) is 10.3. The molecule has 4 nitrogen and oxygen atoms in total. The number of rotatable bonds is 6. The van der Waals surface area contributed by atoms with Crippen LogP contribution >= 0.6 is 0 Å². The minimum atomic E-state index is -0.402. The van der Waals surface area contributed by atoms with E-state index in [4.69, 9.17) is 9.47 Å². The van der Waals surface area contributed by atoms with Gasteiger partial charge in [-0.15, -0.1) is 0 Å². The van der Waals surface area contributed by atoms with Crippen molar-refractivity contribution in [3.63, 3.8) is 0 Å². The number of ether oxygens (including phenoxy) is 2. The molecule has 0 amide bonds. The average Bonchev–Trinajstić information content (AvgIpc) is 2.35. The summed E-state index contributed by atoms with van der Waals surface area (Å²) in [5.74, 6) is 0.111. The SMILES string of the molecule is CCOC(=O)/C=C/COc1cc(C)ccc1C=O. The van der Waals surface area contributed by atoms with E-state index in [2.05, 4.69) is 0 Å². The van der Waals surface area contributed by atoms with Crippen LogP contribution in [-0.4, -0.2) is 25.5 Å². The number of aryl methyl sites for hydroxylation is 1. The second kappa shape index (κ2) is 7.27. The predicted octanol–water partition coefficient (Wildman–Crippen LogP) is 2.31. The minimum Gasteiger partial charge on any atom is -0.489 e. The van der Waals surface area contributed by atoms with Gasteiger partial charge in [0.25, 0.3) is 0 Å². The molecule has 0 saturated heterocycles. The first-order valence-corrected chi connectivity index (χ1v) is 5.69. The Kier molecular flexibility index (Phi) is 5.64. The van der Waals surface area contributed by atoms with Crippen LogP contribution in [0.5, 0.6) is 5.75 Å². The molecule has 0 bridgehead atoms. The van der Waals surface area contributed by atoms with Gasteiger partial charge in [0.2, 0.25) is 0 Å². The van der Waals surface area contributed by atoms with Gasteiger partial charge in [-0.2, -0.15) is 0 Å². The Labute approximate surface area is 106 Å². The van der Waals surface area contributed by atoms with Crippen LogP contribution in [-0.2, 0) is 9.53 Å². The maximum atomic E-state index is 11.0. The van der Waals surface area contributed by atoms with Crippen molar-refractivity contribution in [1.82, 2.24) is 0 Å². The largest absolute Gasteiger partial charge is 0.489 e. The summed E-state index contributed by atoms with van der Waals surface area (Å²) in [6, 6.07) is 5.32. The third kappa shape index (κ3) is 4.41. The molecule has 0 atom stereocenters. The number of hydrogen-bond donors (Lipinski definition) is 0. The second-order valence-electron chi connectivity index (χ2n) is 3.62. The van der Waals surface area contributed by atoms with Crippen LogP contribution in [0.4, 0.5) is 0 Å². The third-order valence-electron chi connectivity index (χ3n) is 2.17. The molecule has 0 aliphatic heterocycles. The predicted molar refractivity (Wildman–Crippen MR) is 67.8 cm³/mol. The molecule has 0 aliphatic rings. The van der Waals surface area contributed by atoms with Crippen LogP contribution in [0.25, 0.3) is 0 Å². The lowest BCUT2D eigenvalue weighted by Crippen LogP contribution is -2.02. The molecule has 0 aromatic heterocycles. The van der Waals surface area contributed by atoms with Gasteiger partial charge in [-0.1, -0.05) is 6.07 Å². The van der Waals surface area contributed by atoms with E-state index in [1.165, 1.54) is 6.08 Å². The van der Waals surface area contributed by atoms with Gasteiger partial charge in [0.1, 0.15) is 12.4 Å². The number of aldehydes is 1. The van der Waals surface area contributed by atoms with Gasteiger partial charge in [0.05, 0.1) is 12.2 Å². The number of carbonyl (C=O) groups is 2. The fraction of sp³-hybridized carbons (Fsp3) is 0.286. The van der Waals surface area contributed by atoms with Gasteiger partial charge in [0.15, 0.2) is 6.29 Å². The number of esters is 1. The highest BCUT2D eigenvalue weighted by Gasteiger charge is 2.02. The third-order valence-corrected chi connectivity index (χ3v) is 2.17. The van der Waals surface area contributed by atoms with Crippen LogP contribution in [0.3, 0.4) is 0 Å². The van der Waals surface area contributed by atoms with Gasteiger partial charge in [-0.25, -0.2) is 4.79 Å². The lowest BCUT2D eigenvalue weighted by molar-refractivity contribution is -0.137. The highest BCUT2D eigenvalue weighted by molar-refractivity contribution is 5.82. The standard InChI is InChI=1S/C14H16O4/c1-3-17-14(16)5-4-8-18-13-9-11(2)6-7-12(13)10-15/h4-7,9-10H,3,8H2,1-2H3/b5-4+. The molecule has 4 heteroatoms. The summed E-state index contributed by atoms with van der Waals surface area (Å²) in [6.45, 7) is 4.21. The Morgan fingerprint density at radius 1 is 1.39 bits per heavy atom. The molecule has 0 aliphatic carbocycles. The lowest BCUT2D eigenvalue weighted by atomic mass is 10.1. The van der Waals surface area contributed by atoms with E-state index >= 15 is 0 Å².